The average Bonchev–Trinajstić information content (AvgIpc) is 3.17. The molecule has 28 heavy (non-hydrogen) atoms. The summed E-state index contributed by atoms with van der Waals surface area (Å²) in [5, 5.41) is 9.02. The van der Waals surface area contributed by atoms with Gasteiger partial charge < -0.3 is 29.5 Å². The number of ether oxygens (including phenoxy) is 2. The van der Waals surface area contributed by atoms with E-state index in [4.69, 9.17) is 9.47 Å². The van der Waals surface area contributed by atoms with E-state index >= 15 is 0 Å². The molecule has 0 aliphatic carbocycles. The smallest absolute Gasteiger partial charge is 0.322 e. The predicted molar refractivity (Wildman–Crippen MR) is 105 cm³/mol. The third-order valence-corrected chi connectivity index (χ3v) is 3.95. The minimum atomic E-state index is -0.403. The summed E-state index contributed by atoms with van der Waals surface area (Å²) in [7, 11) is 3.06. The maximum absolute atomic E-state index is 12.8. The van der Waals surface area contributed by atoms with Gasteiger partial charge in [-0.3, -0.25) is 4.79 Å². The molecule has 0 saturated carbocycles. The second-order valence-corrected chi connectivity index (χ2v) is 6.53. The normalized spacial score (nSPS) is 10.5. The van der Waals surface area contributed by atoms with Crippen molar-refractivity contribution in [3.05, 3.63) is 30.5 Å². The molecule has 152 valence electrons. The minimum absolute atomic E-state index is 0.121. The molecule has 1 heterocycles. The Hall–Kier alpha value is -3.23. The Labute approximate surface area is 164 Å². The molecule has 2 rings (SSSR count). The van der Waals surface area contributed by atoms with Gasteiger partial charge in [0.1, 0.15) is 24.3 Å². The molecule has 0 bridgehead atoms. The van der Waals surface area contributed by atoms with E-state index in [1.54, 1.807) is 25.3 Å². The van der Waals surface area contributed by atoms with Gasteiger partial charge in [0.25, 0.3) is 0 Å². The van der Waals surface area contributed by atoms with Crippen LogP contribution in [-0.4, -0.2) is 49.3 Å². The van der Waals surface area contributed by atoms with E-state index in [1.807, 2.05) is 0 Å². The van der Waals surface area contributed by atoms with Crippen LogP contribution in [-0.2, 0) is 4.79 Å². The van der Waals surface area contributed by atoms with Gasteiger partial charge in [0.15, 0.2) is 5.82 Å². The van der Waals surface area contributed by atoms with Gasteiger partial charge in [-0.15, -0.1) is 0 Å². The van der Waals surface area contributed by atoms with Crippen LogP contribution in [0.15, 0.2) is 35.1 Å². The van der Waals surface area contributed by atoms with Crippen molar-refractivity contribution in [1.82, 2.24) is 10.1 Å². The molecule has 2 aromatic rings. The first kappa shape index (κ1) is 21.1. The Balaban J connectivity index is 2.08. The lowest BCUT2D eigenvalue weighted by Crippen LogP contribution is -2.41. The number of nitrogens with zero attached hydrogens (tertiary/aromatic N) is 2. The molecule has 2 N–H and O–H groups in total. The summed E-state index contributed by atoms with van der Waals surface area (Å²) in [6.07, 6.45) is 2.11. The van der Waals surface area contributed by atoms with Crippen LogP contribution < -0.4 is 20.1 Å². The molecular formula is C19H26N4O5. The third kappa shape index (κ3) is 6.19. The molecule has 0 saturated heterocycles. The van der Waals surface area contributed by atoms with Crippen molar-refractivity contribution >= 4 is 23.4 Å². The SMILES string of the molecule is COc1ccc(NC(=O)N(CCC(C)C)CC(=O)Nc2ccon2)c(OC)c1. The molecule has 0 spiro atoms. The summed E-state index contributed by atoms with van der Waals surface area (Å²) >= 11 is 0. The van der Waals surface area contributed by atoms with Crippen LogP contribution in [0.25, 0.3) is 0 Å². The fourth-order valence-electron chi connectivity index (χ4n) is 2.40. The molecule has 9 heteroatoms. The Morgan fingerprint density at radius 1 is 1.18 bits per heavy atom. The zero-order valence-corrected chi connectivity index (χ0v) is 16.5. The number of urea groups is 1. The number of hydrogen-bond donors (Lipinski definition) is 2. The van der Waals surface area contributed by atoms with Crippen molar-refractivity contribution in [2.75, 3.05) is 37.9 Å². The number of nitrogens with one attached hydrogen (secondary N) is 2. The number of carbonyl (C=O) groups is 2. The van der Waals surface area contributed by atoms with Crippen LogP contribution in [0.1, 0.15) is 20.3 Å². The first-order valence-corrected chi connectivity index (χ1v) is 8.91. The van der Waals surface area contributed by atoms with E-state index in [9.17, 15) is 9.59 Å². The van der Waals surface area contributed by atoms with Crippen molar-refractivity contribution in [3.8, 4) is 11.5 Å². The summed E-state index contributed by atoms with van der Waals surface area (Å²) < 4.78 is 15.2. The number of rotatable bonds is 9. The third-order valence-electron chi connectivity index (χ3n) is 3.95. The van der Waals surface area contributed by atoms with E-state index in [0.717, 1.165) is 6.42 Å². The molecule has 9 nitrogen and oxygen atoms in total. The largest absolute Gasteiger partial charge is 0.497 e. The second-order valence-electron chi connectivity index (χ2n) is 6.53. The average molecular weight is 390 g/mol. The minimum Gasteiger partial charge on any atom is -0.497 e. The van der Waals surface area contributed by atoms with Gasteiger partial charge in [-0.2, -0.15) is 0 Å². The Morgan fingerprint density at radius 3 is 2.57 bits per heavy atom. The van der Waals surface area contributed by atoms with Crippen molar-refractivity contribution in [2.24, 2.45) is 5.92 Å². The van der Waals surface area contributed by atoms with Crippen molar-refractivity contribution in [2.45, 2.75) is 20.3 Å². The van der Waals surface area contributed by atoms with E-state index < -0.39 is 6.03 Å². The van der Waals surface area contributed by atoms with Crippen molar-refractivity contribution in [3.63, 3.8) is 0 Å². The molecule has 0 unspecified atom stereocenters. The lowest BCUT2D eigenvalue weighted by Gasteiger charge is -2.24. The first-order valence-electron chi connectivity index (χ1n) is 8.91. The van der Waals surface area contributed by atoms with Gasteiger partial charge in [-0.05, 0) is 24.5 Å². The zero-order valence-electron chi connectivity index (χ0n) is 16.5. The molecule has 1 aromatic heterocycles. The highest BCUT2D eigenvalue weighted by Crippen LogP contribution is 2.29. The first-order chi connectivity index (χ1) is 13.4. The van der Waals surface area contributed by atoms with Crippen LogP contribution in [0.2, 0.25) is 0 Å². The topological polar surface area (TPSA) is 106 Å². The van der Waals surface area contributed by atoms with E-state index in [2.05, 4.69) is 34.2 Å². The standard InChI is InChI=1S/C19H26N4O5/c1-13(2)7-9-23(12-18(24)21-17-8-10-28-22-17)19(25)20-15-6-5-14(26-3)11-16(15)27-4/h5-6,8,10-11,13H,7,9,12H2,1-4H3,(H,20,25)(H,21,22,24). The molecule has 0 aliphatic rings. The van der Waals surface area contributed by atoms with Gasteiger partial charge in [0.2, 0.25) is 5.91 Å². The number of aromatic nitrogens is 1. The monoisotopic (exact) mass is 390 g/mol. The molecular weight excluding hydrogens is 364 g/mol. The summed E-state index contributed by atoms with van der Waals surface area (Å²) in [6.45, 7) is 4.41. The van der Waals surface area contributed by atoms with Crippen molar-refractivity contribution in [1.29, 1.82) is 0 Å². The van der Waals surface area contributed by atoms with Gasteiger partial charge in [-0.25, -0.2) is 4.79 Å². The van der Waals surface area contributed by atoms with Crippen LogP contribution in [0.4, 0.5) is 16.3 Å². The maximum atomic E-state index is 12.8. The van der Waals surface area contributed by atoms with Gasteiger partial charge in [0.05, 0.1) is 19.9 Å². The number of hydrogen-bond acceptors (Lipinski definition) is 6. The maximum Gasteiger partial charge on any atom is 0.322 e. The van der Waals surface area contributed by atoms with Crippen LogP contribution >= 0.6 is 0 Å². The Morgan fingerprint density at radius 2 is 1.96 bits per heavy atom. The van der Waals surface area contributed by atoms with E-state index in [0.29, 0.717) is 35.5 Å². The molecule has 0 atom stereocenters. The lowest BCUT2D eigenvalue weighted by molar-refractivity contribution is -0.116. The zero-order chi connectivity index (χ0) is 20.5. The van der Waals surface area contributed by atoms with Crippen LogP contribution in [0, 0.1) is 5.92 Å². The van der Waals surface area contributed by atoms with Crippen LogP contribution in [0.3, 0.4) is 0 Å². The van der Waals surface area contributed by atoms with Crippen molar-refractivity contribution < 1.29 is 23.6 Å². The summed E-state index contributed by atoms with van der Waals surface area (Å²) in [5.41, 5.74) is 0.486. The number of methoxy groups -OCH3 is 2. The highest BCUT2D eigenvalue weighted by molar-refractivity contribution is 5.97. The Bertz CT molecular complexity index is 777. The molecule has 0 radical (unpaired) electrons. The van der Waals surface area contributed by atoms with Crippen LogP contribution in [0.5, 0.6) is 11.5 Å². The molecule has 0 fully saturated rings. The fraction of sp³-hybridized carbons (Fsp3) is 0.421. The molecule has 0 aliphatic heterocycles. The number of anilines is 2. The highest BCUT2D eigenvalue weighted by atomic mass is 16.5. The number of carbonyl (C=O) groups excluding carboxylic acids is 2. The molecule has 1 aromatic carbocycles. The second kappa shape index (κ2) is 10.2. The van der Waals surface area contributed by atoms with Gasteiger partial charge >= 0.3 is 6.03 Å². The Kier molecular flexibility index (Phi) is 7.67. The van der Waals surface area contributed by atoms with Gasteiger partial charge in [0, 0.05) is 18.7 Å². The van der Waals surface area contributed by atoms with Gasteiger partial charge in [-0.1, -0.05) is 19.0 Å². The summed E-state index contributed by atoms with van der Waals surface area (Å²) in [5.74, 6) is 1.38. The fourth-order valence-corrected chi connectivity index (χ4v) is 2.40. The molecule has 3 amide bonds. The number of benzene rings is 1. The number of amides is 3. The highest BCUT2D eigenvalue weighted by Gasteiger charge is 2.20. The van der Waals surface area contributed by atoms with E-state index in [-0.39, 0.29) is 12.5 Å². The summed E-state index contributed by atoms with van der Waals surface area (Å²) in [4.78, 5) is 26.5. The summed E-state index contributed by atoms with van der Waals surface area (Å²) in [6, 6.07) is 6.20. The van der Waals surface area contributed by atoms with E-state index in [1.165, 1.54) is 24.3 Å². The predicted octanol–water partition coefficient (Wildman–Crippen LogP) is 3.21. The quantitative estimate of drug-likeness (QED) is 0.681. The lowest BCUT2D eigenvalue weighted by atomic mass is 10.1.